The molecule has 0 aliphatic heterocycles. The van der Waals surface area contributed by atoms with Crippen molar-refractivity contribution in [2.75, 3.05) is 11.5 Å². The third-order valence-electron chi connectivity index (χ3n) is 2.01. The van der Waals surface area contributed by atoms with E-state index in [2.05, 4.69) is 4.98 Å². The third-order valence-corrected chi connectivity index (χ3v) is 2.84. The van der Waals surface area contributed by atoms with Crippen molar-refractivity contribution in [1.82, 2.24) is 4.98 Å². The van der Waals surface area contributed by atoms with Crippen LogP contribution in [0.1, 0.15) is 10.4 Å². The normalized spacial score (nSPS) is 10.5. The fourth-order valence-corrected chi connectivity index (χ4v) is 2.03. The fourth-order valence-electron chi connectivity index (χ4n) is 1.31. The Balaban J connectivity index is 2.21. The largest absolute Gasteiger partial charge is 0.396 e. The highest BCUT2D eigenvalue weighted by atomic mass is 32.1. The molecule has 0 aliphatic carbocycles. The second-order valence-corrected chi connectivity index (χ2v) is 4.34. The van der Waals surface area contributed by atoms with Crippen LogP contribution in [0.25, 0.3) is 0 Å². The number of benzene rings is 1. The molecule has 0 amide bonds. The topological polar surface area (TPSA) is 64.9 Å². The lowest BCUT2D eigenvalue weighted by Crippen LogP contribution is -1.93. The molecule has 5 heteroatoms. The van der Waals surface area contributed by atoms with Crippen molar-refractivity contribution < 1.29 is 4.39 Å². The van der Waals surface area contributed by atoms with Crippen molar-refractivity contribution in [3.63, 3.8) is 0 Å². The molecule has 0 saturated carbocycles. The first-order valence-corrected chi connectivity index (χ1v) is 5.21. The highest BCUT2D eigenvalue weighted by molar-refractivity contribution is 7.15. The summed E-state index contributed by atoms with van der Waals surface area (Å²) in [4.78, 5) is 4.98. The van der Waals surface area contributed by atoms with Crippen molar-refractivity contribution in [2.45, 2.75) is 6.42 Å². The molecule has 0 spiro atoms. The number of halogens is 1. The smallest absolute Gasteiger partial charge is 0.180 e. The van der Waals surface area contributed by atoms with Crippen LogP contribution in [0.2, 0.25) is 0 Å². The molecule has 0 atom stereocenters. The Labute approximate surface area is 90.6 Å². The average Bonchev–Trinajstić information content (AvgIpc) is 2.58. The Morgan fingerprint density at radius 1 is 1.33 bits per heavy atom. The van der Waals surface area contributed by atoms with Crippen LogP contribution in [-0.4, -0.2) is 4.98 Å². The summed E-state index contributed by atoms with van der Waals surface area (Å²) in [6.07, 6.45) is 2.40. The molecule has 0 radical (unpaired) electrons. The Morgan fingerprint density at radius 2 is 2.13 bits per heavy atom. The van der Waals surface area contributed by atoms with Gasteiger partial charge < -0.3 is 11.5 Å². The van der Waals surface area contributed by atoms with E-state index in [9.17, 15) is 4.39 Å². The lowest BCUT2D eigenvalue weighted by Gasteiger charge is -2.01. The van der Waals surface area contributed by atoms with Crippen LogP contribution in [0.4, 0.5) is 15.2 Å². The molecular weight excluding hydrogens is 213 g/mol. The molecule has 0 bridgehead atoms. The van der Waals surface area contributed by atoms with E-state index in [1.807, 2.05) is 0 Å². The van der Waals surface area contributed by atoms with Gasteiger partial charge in [0, 0.05) is 17.5 Å². The van der Waals surface area contributed by atoms with Crippen LogP contribution < -0.4 is 11.5 Å². The second kappa shape index (κ2) is 3.86. The second-order valence-electron chi connectivity index (χ2n) is 3.20. The standard InChI is InChI=1S/C10H10FN3S/c11-8-2-1-6(4-9(8)12)3-7-5-14-10(13)15-7/h1-2,4-5H,3,12H2,(H2,13,14). The third kappa shape index (κ3) is 2.24. The number of aromatic nitrogens is 1. The van der Waals surface area contributed by atoms with E-state index in [0.717, 1.165) is 10.4 Å². The van der Waals surface area contributed by atoms with Crippen molar-refractivity contribution in [2.24, 2.45) is 0 Å². The molecule has 78 valence electrons. The summed E-state index contributed by atoms with van der Waals surface area (Å²) in [5, 5.41) is 0.542. The van der Waals surface area contributed by atoms with Crippen LogP contribution in [0.5, 0.6) is 0 Å². The summed E-state index contributed by atoms with van der Waals surface area (Å²) in [6.45, 7) is 0. The van der Waals surface area contributed by atoms with E-state index in [-0.39, 0.29) is 11.5 Å². The van der Waals surface area contributed by atoms with Gasteiger partial charge in [-0.05, 0) is 17.7 Å². The minimum atomic E-state index is -0.387. The average molecular weight is 223 g/mol. The number of nitrogens with zero attached hydrogens (tertiary/aromatic N) is 1. The molecule has 3 nitrogen and oxygen atoms in total. The number of anilines is 2. The van der Waals surface area contributed by atoms with Gasteiger partial charge in [0.25, 0.3) is 0 Å². The van der Waals surface area contributed by atoms with Crippen molar-refractivity contribution in [1.29, 1.82) is 0 Å². The Hall–Kier alpha value is -1.62. The summed E-state index contributed by atoms with van der Waals surface area (Å²) in [5.41, 5.74) is 12.1. The van der Waals surface area contributed by atoms with Crippen LogP contribution in [-0.2, 0) is 6.42 Å². The van der Waals surface area contributed by atoms with Gasteiger partial charge in [0.15, 0.2) is 5.13 Å². The zero-order valence-corrected chi connectivity index (χ0v) is 8.72. The SMILES string of the molecule is Nc1ncc(Cc2ccc(F)c(N)c2)s1. The number of hydrogen-bond acceptors (Lipinski definition) is 4. The molecule has 2 rings (SSSR count). The van der Waals surface area contributed by atoms with E-state index in [4.69, 9.17) is 11.5 Å². The predicted octanol–water partition coefficient (Wildman–Crippen LogP) is 2.04. The van der Waals surface area contributed by atoms with Gasteiger partial charge in [0.05, 0.1) is 5.69 Å². The van der Waals surface area contributed by atoms with Gasteiger partial charge in [0.1, 0.15) is 5.82 Å². The number of nitrogens with two attached hydrogens (primary N) is 2. The Bertz CT molecular complexity index is 481. The summed E-state index contributed by atoms with van der Waals surface area (Å²) in [6, 6.07) is 4.71. The summed E-state index contributed by atoms with van der Waals surface area (Å²) in [5.74, 6) is -0.387. The number of rotatable bonds is 2. The monoisotopic (exact) mass is 223 g/mol. The van der Waals surface area contributed by atoms with Gasteiger partial charge in [-0.25, -0.2) is 9.37 Å². The zero-order valence-electron chi connectivity index (χ0n) is 7.90. The zero-order chi connectivity index (χ0) is 10.8. The van der Waals surface area contributed by atoms with Gasteiger partial charge in [-0.1, -0.05) is 6.07 Å². The number of nitrogen functional groups attached to an aromatic ring is 2. The van der Waals surface area contributed by atoms with Crippen LogP contribution in [0, 0.1) is 5.82 Å². The molecule has 0 unspecified atom stereocenters. The molecule has 0 fully saturated rings. The van der Waals surface area contributed by atoms with E-state index >= 15 is 0 Å². The lowest BCUT2D eigenvalue weighted by atomic mass is 10.1. The molecule has 0 aliphatic rings. The maximum Gasteiger partial charge on any atom is 0.180 e. The first-order chi connectivity index (χ1) is 7.15. The van der Waals surface area contributed by atoms with Crippen molar-refractivity contribution in [3.05, 3.63) is 40.7 Å². The van der Waals surface area contributed by atoms with Gasteiger partial charge in [-0.15, -0.1) is 11.3 Å². The molecule has 4 N–H and O–H groups in total. The predicted molar refractivity (Wildman–Crippen MR) is 60.1 cm³/mol. The fraction of sp³-hybridized carbons (Fsp3) is 0.100. The molecule has 0 saturated heterocycles. The van der Waals surface area contributed by atoms with E-state index in [0.29, 0.717) is 11.6 Å². The highest BCUT2D eigenvalue weighted by Gasteiger charge is 2.03. The first kappa shape index (κ1) is 9.92. The minimum Gasteiger partial charge on any atom is -0.396 e. The highest BCUT2D eigenvalue weighted by Crippen LogP contribution is 2.20. The van der Waals surface area contributed by atoms with Crippen LogP contribution >= 0.6 is 11.3 Å². The molecule has 1 aromatic heterocycles. The molecule has 1 heterocycles. The Kier molecular flexibility index (Phi) is 2.55. The van der Waals surface area contributed by atoms with Gasteiger partial charge in [-0.2, -0.15) is 0 Å². The number of hydrogen-bond donors (Lipinski definition) is 2. The Morgan fingerprint density at radius 3 is 2.73 bits per heavy atom. The quantitative estimate of drug-likeness (QED) is 0.766. The number of thiazole rings is 1. The molecule has 15 heavy (non-hydrogen) atoms. The van der Waals surface area contributed by atoms with E-state index in [1.165, 1.54) is 17.4 Å². The first-order valence-electron chi connectivity index (χ1n) is 4.39. The van der Waals surface area contributed by atoms with Gasteiger partial charge in [-0.3, -0.25) is 0 Å². The molecular formula is C10H10FN3S. The van der Waals surface area contributed by atoms with Gasteiger partial charge >= 0.3 is 0 Å². The lowest BCUT2D eigenvalue weighted by molar-refractivity contribution is 0.632. The van der Waals surface area contributed by atoms with E-state index < -0.39 is 0 Å². The summed E-state index contributed by atoms with van der Waals surface area (Å²) < 4.78 is 12.9. The van der Waals surface area contributed by atoms with Crippen LogP contribution in [0.3, 0.4) is 0 Å². The summed E-state index contributed by atoms with van der Waals surface area (Å²) >= 11 is 1.42. The van der Waals surface area contributed by atoms with Crippen molar-refractivity contribution in [3.8, 4) is 0 Å². The molecule has 2 aromatic rings. The molecule has 1 aromatic carbocycles. The summed E-state index contributed by atoms with van der Waals surface area (Å²) in [7, 11) is 0. The van der Waals surface area contributed by atoms with Crippen LogP contribution in [0.15, 0.2) is 24.4 Å². The van der Waals surface area contributed by atoms with Crippen molar-refractivity contribution >= 4 is 22.2 Å². The van der Waals surface area contributed by atoms with E-state index in [1.54, 1.807) is 18.3 Å². The maximum atomic E-state index is 12.9. The maximum absolute atomic E-state index is 12.9. The van der Waals surface area contributed by atoms with Gasteiger partial charge in [0.2, 0.25) is 0 Å². The minimum absolute atomic E-state index is 0.171.